The number of amidine groups is 1. The normalized spacial score (nSPS) is 25.5. The molecule has 0 aromatic heterocycles. The highest BCUT2D eigenvalue weighted by atomic mass is 16.2. The van der Waals surface area contributed by atoms with E-state index in [1.165, 1.54) is 0 Å². The summed E-state index contributed by atoms with van der Waals surface area (Å²) in [4.78, 5) is 13.9. The molecule has 1 aliphatic heterocycles. The summed E-state index contributed by atoms with van der Waals surface area (Å²) >= 11 is 0. The molecule has 0 aromatic rings. The topological polar surface area (TPSA) is 70.2 Å². The minimum atomic E-state index is 0.0711. The lowest BCUT2D eigenvalue weighted by atomic mass is 9.92. The Hall–Kier alpha value is -1.06. The maximum absolute atomic E-state index is 12.0. The van der Waals surface area contributed by atoms with Crippen LogP contribution in [0.15, 0.2) is 0 Å². The van der Waals surface area contributed by atoms with E-state index in [0.29, 0.717) is 19.0 Å². The van der Waals surface area contributed by atoms with E-state index >= 15 is 0 Å². The number of carbonyl (C=O) groups is 1. The van der Waals surface area contributed by atoms with Crippen molar-refractivity contribution in [2.45, 2.75) is 52.0 Å². The van der Waals surface area contributed by atoms with E-state index in [4.69, 9.17) is 11.1 Å². The molecule has 1 saturated heterocycles. The fourth-order valence-corrected chi connectivity index (χ4v) is 2.18. The fourth-order valence-electron chi connectivity index (χ4n) is 2.18. The lowest BCUT2D eigenvalue weighted by molar-refractivity contribution is -0.135. The van der Waals surface area contributed by atoms with Gasteiger partial charge in [0.25, 0.3) is 0 Å². The van der Waals surface area contributed by atoms with Gasteiger partial charge in [-0.15, -0.1) is 0 Å². The van der Waals surface area contributed by atoms with Gasteiger partial charge in [-0.3, -0.25) is 10.2 Å². The number of nitrogens with two attached hydrogens (primary N) is 1. The maximum Gasteiger partial charge on any atom is 0.222 e. The Morgan fingerprint density at radius 2 is 2.19 bits per heavy atom. The molecule has 0 unspecified atom stereocenters. The van der Waals surface area contributed by atoms with Gasteiger partial charge in [-0.25, -0.2) is 0 Å². The minimum Gasteiger partial charge on any atom is -0.387 e. The number of unbranched alkanes of at least 4 members (excludes halogenated alkanes) is 1. The highest BCUT2D eigenvalue weighted by Crippen LogP contribution is 2.22. The third kappa shape index (κ3) is 3.22. The van der Waals surface area contributed by atoms with Crippen molar-refractivity contribution in [2.24, 2.45) is 11.7 Å². The Morgan fingerprint density at radius 1 is 1.50 bits per heavy atom. The first-order valence-corrected chi connectivity index (χ1v) is 6.19. The third-order valence-corrected chi connectivity index (χ3v) is 3.39. The van der Waals surface area contributed by atoms with Crippen molar-refractivity contribution in [1.29, 1.82) is 5.41 Å². The number of amides is 1. The molecule has 0 bridgehead atoms. The number of rotatable bonds is 4. The molecule has 1 amide bonds. The van der Waals surface area contributed by atoms with Gasteiger partial charge >= 0.3 is 0 Å². The molecule has 0 spiro atoms. The lowest BCUT2D eigenvalue weighted by Gasteiger charge is -2.37. The third-order valence-electron chi connectivity index (χ3n) is 3.39. The van der Waals surface area contributed by atoms with Crippen molar-refractivity contribution in [3.8, 4) is 0 Å². The van der Waals surface area contributed by atoms with Crippen LogP contribution in [0.3, 0.4) is 0 Å². The van der Waals surface area contributed by atoms with Gasteiger partial charge in [0.05, 0.1) is 5.84 Å². The van der Waals surface area contributed by atoms with Crippen LogP contribution in [0.4, 0.5) is 0 Å². The van der Waals surface area contributed by atoms with Crippen molar-refractivity contribution in [3.63, 3.8) is 0 Å². The quantitative estimate of drug-likeness (QED) is 0.565. The molecule has 1 fully saturated rings. The first-order chi connectivity index (χ1) is 7.56. The molecule has 0 aromatic carbocycles. The van der Waals surface area contributed by atoms with E-state index in [2.05, 4.69) is 13.8 Å². The number of hydrogen-bond acceptors (Lipinski definition) is 2. The largest absolute Gasteiger partial charge is 0.387 e. The molecule has 0 aliphatic carbocycles. The first kappa shape index (κ1) is 13.0. The van der Waals surface area contributed by atoms with Crippen LogP contribution >= 0.6 is 0 Å². The number of likely N-dealkylation sites (tertiary alicyclic amines) is 1. The van der Waals surface area contributed by atoms with Crippen LogP contribution in [0.25, 0.3) is 0 Å². The Kier molecular flexibility index (Phi) is 4.77. The van der Waals surface area contributed by atoms with Crippen LogP contribution in [0.1, 0.15) is 46.0 Å². The number of carbonyl (C=O) groups excluding carboxylic acids is 1. The molecule has 3 N–H and O–H groups in total. The zero-order valence-electron chi connectivity index (χ0n) is 10.3. The summed E-state index contributed by atoms with van der Waals surface area (Å²) in [5.74, 6) is 0.516. The Bertz CT molecular complexity index is 265. The average Bonchev–Trinajstić information content (AvgIpc) is 2.26. The van der Waals surface area contributed by atoms with Crippen LogP contribution in [0.5, 0.6) is 0 Å². The molecule has 1 heterocycles. The molecule has 16 heavy (non-hydrogen) atoms. The Balaban J connectivity index is 2.55. The van der Waals surface area contributed by atoms with Gasteiger partial charge in [-0.05, 0) is 26.2 Å². The van der Waals surface area contributed by atoms with Gasteiger partial charge in [0.15, 0.2) is 0 Å². The zero-order chi connectivity index (χ0) is 12.1. The van der Waals surface area contributed by atoms with Crippen LogP contribution in [-0.4, -0.2) is 29.2 Å². The summed E-state index contributed by atoms with van der Waals surface area (Å²) < 4.78 is 0. The van der Waals surface area contributed by atoms with E-state index < -0.39 is 0 Å². The number of hydrogen-bond donors (Lipinski definition) is 2. The predicted octanol–water partition coefficient (Wildman–Crippen LogP) is 1.74. The standard InChI is InChI=1S/C12H23N3O/c1-3-4-5-11(16)15-8-10(12(13)14)7-6-9(15)2/h9-10H,3-8H2,1-2H3,(H3,13,14)/t9-,10+/m0/s1. The van der Waals surface area contributed by atoms with Gasteiger partial charge in [0.2, 0.25) is 5.91 Å². The monoisotopic (exact) mass is 225 g/mol. The zero-order valence-corrected chi connectivity index (χ0v) is 10.3. The van der Waals surface area contributed by atoms with Gasteiger partial charge in [0.1, 0.15) is 0 Å². The van der Waals surface area contributed by atoms with E-state index in [1.807, 2.05) is 4.90 Å². The van der Waals surface area contributed by atoms with E-state index in [0.717, 1.165) is 25.7 Å². The van der Waals surface area contributed by atoms with Crippen molar-refractivity contribution in [3.05, 3.63) is 0 Å². The Morgan fingerprint density at radius 3 is 2.75 bits per heavy atom. The predicted molar refractivity (Wildman–Crippen MR) is 65.3 cm³/mol. The molecule has 0 saturated carbocycles. The summed E-state index contributed by atoms with van der Waals surface area (Å²) in [6.45, 7) is 4.81. The summed E-state index contributed by atoms with van der Waals surface area (Å²) in [5, 5.41) is 7.46. The molecule has 4 heteroatoms. The minimum absolute atomic E-state index is 0.0711. The molecule has 92 valence electrons. The molecule has 1 aliphatic rings. The van der Waals surface area contributed by atoms with Gasteiger partial charge in [-0.1, -0.05) is 13.3 Å². The molecule has 0 radical (unpaired) electrons. The maximum atomic E-state index is 12.0. The van der Waals surface area contributed by atoms with Gasteiger partial charge < -0.3 is 10.6 Å². The highest BCUT2D eigenvalue weighted by Gasteiger charge is 2.29. The molecular formula is C12H23N3O. The number of piperidine rings is 1. The second kappa shape index (κ2) is 5.87. The van der Waals surface area contributed by atoms with Crippen molar-refractivity contribution in [1.82, 2.24) is 4.90 Å². The number of nitrogens with one attached hydrogen (secondary N) is 1. The second-order valence-corrected chi connectivity index (χ2v) is 4.73. The van der Waals surface area contributed by atoms with Gasteiger partial charge in [-0.2, -0.15) is 0 Å². The summed E-state index contributed by atoms with van der Waals surface area (Å²) in [7, 11) is 0. The second-order valence-electron chi connectivity index (χ2n) is 4.73. The summed E-state index contributed by atoms with van der Waals surface area (Å²) in [6.07, 6.45) is 4.53. The summed E-state index contributed by atoms with van der Waals surface area (Å²) in [6, 6.07) is 0.306. The first-order valence-electron chi connectivity index (χ1n) is 6.19. The van der Waals surface area contributed by atoms with Crippen LogP contribution in [0, 0.1) is 11.3 Å². The lowest BCUT2D eigenvalue weighted by Crippen LogP contribution is -2.48. The smallest absolute Gasteiger partial charge is 0.222 e. The molecule has 2 atom stereocenters. The molecular weight excluding hydrogens is 202 g/mol. The molecule has 1 rings (SSSR count). The number of nitrogens with zero attached hydrogens (tertiary/aromatic N) is 1. The van der Waals surface area contributed by atoms with Gasteiger partial charge in [0, 0.05) is 24.9 Å². The fraction of sp³-hybridized carbons (Fsp3) is 0.833. The van der Waals surface area contributed by atoms with Crippen molar-refractivity contribution in [2.75, 3.05) is 6.54 Å². The van der Waals surface area contributed by atoms with E-state index in [9.17, 15) is 4.79 Å². The highest BCUT2D eigenvalue weighted by molar-refractivity contribution is 5.82. The van der Waals surface area contributed by atoms with Crippen molar-refractivity contribution >= 4 is 11.7 Å². The van der Waals surface area contributed by atoms with E-state index in [-0.39, 0.29) is 17.7 Å². The Labute approximate surface area is 97.7 Å². The average molecular weight is 225 g/mol. The summed E-state index contributed by atoms with van der Waals surface area (Å²) in [5.41, 5.74) is 5.52. The molecule has 4 nitrogen and oxygen atoms in total. The van der Waals surface area contributed by atoms with E-state index in [1.54, 1.807) is 0 Å². The van der Waals surface area contributed by atoms with Crippen molar-refractivity contribution < 1.29 is 4.79 Å². The van der Waals surface area contributed by atoms with Crippen LogP contribution in [0.2, 0.25) is 0 Å². The van der Waals surface area contributed by atoms with Crippen LogP contribution in [-0.2, 0) is 4.79 Å². The SMILES string of the molecule is CCCCC(=O)N1C[C@H](C(=N)N)CC[C@@H]1C. The van der Waals surface area contributed by atoms with Crippen LogP contribution < -0.4 is 5.73 Å².